The predicted molar refractivity (Wildman–Crippen MR) is 85.2 cm³/mol. The third-order valence-electron chi connectivity index (χ3n) is 3.99. The maximum Gasteiger partial charge on any atom is 0.328 e. The van der Waals surface area contributed by atoms with Crippen molar-refractivity contribution in [1.29, 1.82) is 0 Å². The number of piperidine rings is 1. The van der Waals surface area contributed by atoms with Gasteiger partial charge in [0.25, 0.3) is 0 Å². The van der Waals surface area contributed by atoms with E-state index in [9.17, 15) is 14.0 Å². The zero-order valence-electron chi connectivity index (χ0n) is 12.8. The Labute approximate surface area is 134 Å². The van der Waals surface area contributed by atoms with Gasteiger partial charge in [0.1, 0.15) is 5.82 Å². The lowest BCUT2D eigenvalue weighted by Gasteiger charge is -2.41. The predicted octanol–water partition coefficient (Wildman–Crippen LogP) is 3.46. The van der Waals surface area contributed by atoms with Gasteiger partial charge >= 0.3 is 5.97 Å². The van der Waals surface area contributed by atoms with Crippen molar-refractivity contribution in [2.24, 2.45) is 0 Å². The first-order valence-corrected chi connectivity index (χ1v) is 7.61. The second-order valence-electron chi connectivity index (χ2n) is 5.56. The molecule has 1 aliphatic heterocycles. The lowest BCUT2D eigenvalue weighted by molar-refractivity contribution is -0.136. The Balaban J connectivity index is 2.33. The number of carbonyl (C=O) groups excluding carboxylic acids is 1. The van der Waals surface area contributed by atoms with E-state index >= 15 is 0 Å². The number of nitrogens with zero attached hydrogens (tertiary/aromatic N) is 1. The molecule has 0 saturated carbocycles. The molecule has 0 radical (unpaired) electrons. The zero-order valence-corrected chi connectivity index (χ0v) is 12.8. The van der Waals surface area contributed by atoms with Gasteiger partial charge in [-0.2, -0.15) is 0 Å². The first kappa shape index (κ1) is 16.9. The van der Waals surface area contributed by atoms with Crippen LogP contribution < -0.4 is 0 Å². The van der Waals surface area contributed by atoms with Crippen molar-refractivity contribution in [3.05, 3.63) is 60.5 Å². The molecule has 23 heavy (non-hydrogen) atoms. The summed E-state index contributed by atoms with van der Waals surface area (Å²) in [5.74, 6) is -1.46. The van der Waals surface area contributed by atoms with Gasteiger partial charge in [0.05, 0.1) is 12.1 Å². The molecule has 1 aromatic rings. The molecule has 2 atom stereocenters. The SMILES string of the molecule is C=CCC(=O)N1[C@@H](/C=C/C(=O)O)CCC[C@H]1c1ccc(F)cc1. The van der Waals surface area contributed by atoms with Gasteiger partial charge in [0.15, 0.2) is 0 Å². The fraction of sp³-hybridized carbons (Fsp3) is 0.333. The zero-order chi connectivity index (χ0) is 16.8. The average molecular weight is 317 g/mol. The lowest BCUT2D eigenvalue weighted by atomic mass is 9.90. The molecule has 5 heteroatoms. The Kier molecular flexibility index (Phi) is 5.68. The fourth-order valence-electron chi connectivity index (χ4n) is 3.01. The number of rotatable bonds is 5. The molecular weight excluding hydrogens is 297 g/mol. The van der Waals surface area contributed by atoms with Crippen LogP contribution in [0.2, 0.25) is 0 Å². The second kappa shape index (κ2) is 7.72. The minimum atomic E-state index is -1.04. The number of hydrogen-bond donors (Lipinski definition) is 1. The Morgan fingerprint density at radius 1 is 1.30 bits per heavy atom. The first-order valence-electron chi connectivity index (χ1n) is 7.61. The number of halogens is 1. The van der Waals surface area contributed by atoms with Gasteiger partial charge in [-0.1, -0.05) is 24.3 Å². The van der Waals surface area contributed by atoms with E-state index in [0.29, 0.717) is 6.42 Å². The molecule has 4 nitrogen and oxygen atoms in total. The summed E-state index contributed by atoms with van der Waals surface area (Å²) in [5.41, 5.74) is 0.859. The van der Waals surface area contributed by atoms with E-state index in [2.05, 4.69) is 6.58 Å². The van der Waals surface area contributed by atoms with E-state index in [-0.39, 0.29) is 30.2 Å². The van der Waals surface area contributed by atoms with Crippen LogP contribution in [-0.4, -0.2) is 27.9 Å². The highest BCUT2D eigenvalue weighted by atomic mass is 19.1. The van der Waals surface area contributed by atoms with E-state index in [1.165, 1.54) is 18.2 Å². The molecule has 1 amide bonds. The Morgan fingerprint density at radius 3 is 2.61 bits per heavy atom. The molecule has 1 fully saturated rings. The second-order valence-corrected chi connectivity index (χ2v) is 5.56. The van der Waals surface area contributed by atoms with Crippen LogP contribution in [0, 0.1) is 5.82 Å². The summed E-state index contributed by atoms with van der Waals surface area (Å²) in [6, 6.07) is 5.65. The van der Waals surface area contributed by atoms with E-state index < -0.39 is 5.97 Å². The van der Waals surface area contributed by atoms with E-state index in [0.717, 1.165) is 24.5 Å². The number of aliphatic carboxylic acids is 1. The molecular formula is C18H20FNO3. The third kappa shape index (κ3) is 4.28. The summed E-state index contributed by atoms with van der Waals surface area (Å²) >= 11 is 0. The summed E-state index contributed by atoms with van der Waals surface area (Å²) in [6.45, 7) is 3.59. The maximum absolute atomic E-state index is 13.1. The number of amides is 1. The Morgan fingerprint density at radius 2 is 2.00 bits per heavy atom. The number of carboxylic acid groups (broad SMARTS) is 1. The number of carboxylic acids is 1. The smallest absolute Gasteiger partial charge is 0.328 e. The average Bonchev–Trinajstić information content (AvgIpc) is 2.53. The van der Waals surface area contributed by atoms with E-state index in [1.54, 1.807) is 23.1 Å². The third-order valence-corrected chi connectivity index (χ3v) is 3.99. The molecule has 1 aromatic carbocycles. The number of hydrogen-bond acceptors (Lipinski definition) is 2. The molecule has 0 bridgehead atoms. The number of likely N-dealkylation sites (tertiary alicyclic amines) is 1. The lowest BCUT2D eigenvalue weighted by Crippen LogP contribution is -2.44. The van der Waals surface area contributed by atoms with Crippen LogP contribution in [0.1, 0.15) is 37.3 Å². The topological polar surface area (TPSA) is 57.6 Å². The van der Waals surface area contributed by atoms with Gasteiger partial charge in [-0.15, -0.1) is 6.58 Å². The summed E-state index contributed by atoms with van der Waals surface area (Å²) < 4.78 is 13.1. The van der Waals surface area contributed by atoms with Crippen LogP contribution in [0.25, 0.3) is 0 Å². The molecule has 0 aliphatic carbocycles. The van der Waals surface area contributed by atoms with Gasteiger partial charge < -0.3 is 10.0 Å². The summed E-state index contributed by atoms with van der Waals surface area (Å²) in [4.78, 5) is 25.0. The first-order chi connectivity index (χ1) is 11.0. The summed E-state index contributed by atoms with van der Waals surface area (Å²) in [6.07, 6.45) is 6.71. The normalized spacial score (nSPS) is 21.3. The molecule has 0 unspecified atom stereocenters. The summed E-state index contributed by atoms with van der Waals surface area (Å²) in [7, 11) is 0. The molecule has 0 aromatic heterocycles. The van der Waals surface area contributed by atoms with Crippen LogP contribution in [0.5, 0.6) is 0 Å². The molecule has 0 spiro atoms. The van der Waals surface area contributed by atoms with Gasteiger partial charge in [0, 0.05) is 12.5 Å². The molecule has 1 N–H and O–H groups in total. The largest absolute Gasteiger partial charge is 0.478 e. The Hall–Kier alpha value is -2.43. The maximum atomic E-state index is 13.1. The van der Waals surface area contributed by atoms with E-state index in [1.807, 2.05) is 0 Å². The minimum absolute atomic E-state index is 0.103. The van der Waals surface area contributed by atoms with Gasteiger partial charge in [-0.3, -0.25) is 4.79 Å². The van der Waals surface area contributed by atoms with Crippen molar-refractivity contribution in [2.45, 2.75) is 37.8 Å². The van der Waals surface area contributed by atoms with Crippen molar-refractivity contribution in [3.8, 4) is 0 Å². The van der Waals surface area contributed by atoms with Crippen molar-refractivity contribution in [2.75, 3.05) is 0 Å². The molecule has 1 aliphatic rings. The van der Waals surface area contributed by atoms with Crippen molar-refractivity contribution in [1.82, 2.24) is 4.90 Å². The van der Waals surface area contributed by atoms with Crippen LogP contribution in [0.4, 0.5) is 4.39 Å². The quantitative estimate of drug-likeness (QED) is 0.668. The molecule has 1 heterocycles. The van der Waals surface area contributed by atoms with E-state index in [4.69, 9.17) is 5.11 Å². The highest BCUT2D eigenvalue weighted by molar-refractivity contribution is 5.81. The summed E-state index contributed by atoms with van der Waals surface area (Å²) in [5, 5.41) is 8.84. The number of carbonyl (C=O) groups is 2. The minimum Gasteiger partial charge on any atom is -0.478 e. The van der Waals surface area contributed by atoms with Crippen LogP contribution in [0.15, 0.2) is 49.1 Å². The highest BCUT2D eigenvalue weighted by Crippen LogP contribution is 2.35. The van der Waals surface area contributed by atoms with Crippen LogP contribution in [0.3, 0.4) is 0 Å². The van der Waals surface area contributed by atoms with Crippen molar-refractivity contribution < 1.29 is 19.1 Å². The van der Waals surface area contributed by atoms with Crippen LogP contribution in [-0.2, 0) is 9.59 Å². The molecule has 1 saturated heterocycles. The van der Waals surface area contributed by atoms with Gasteiger partial charge in [-0.05, 0) is 37.0 Å². The van der Waals surface area contributed by atoms with Gasteiger partial charge in [0.2, 0.25) is 5.91 Å². The Bertz CT molecular complexity index is 609. The fourth-order valence-corrected chi connectivity index (χ4v) is 3.01. The molecule has 2 rings (SSSR count). The van der Waals surface area contributed by atoms with Gasteiger partial charge in [-0.25, -0.2) is 9.18 Å². The standard InChI is InChI=1S/C18H20FNO3/c1-2-4-17(21)20-15(11-12-18(22)23)5-3-6-16(20)13-7-9-14(19)10-8-13/h2,7-12,15-16H,1,3-6H2,(H,22,23)/b12-11+/t15-,16+/m1/s1. The van der Waals surface area contributed by atoms with Crippen molar-refractivity contribution in [3.63, 3.8) is 0 Å². The van der Waals surface area contributed by atoms with Crippen LogP contribution >= 0.6 is 0 Å². The molecule has 122 valence electrons. The number of benzene rings is 1. The monoisotopic (exact) mass is 317 g/mol. The highest BCUT2D eigenvalue weighted by Gasteiger charge is 2.33. The van der Waals surface area contributed by atoms with Crippen molar-refractivity contribution >= 4 is 11.9 Å².